The predicted octanol–water partition coefficient (Wildman–Crippen LogP) is 6.26. The maximum absolute atomic E-state index is 12.7. The first kappa shape index (κ1) is 20.9. The van der Waals surface area contributed by atoms with E-state index >= 15 is 0 Å². The number of thioether (sulfide) groups is 1. The molecule has 30 heavy (non-hydrogen) atoms. The van der Waals surface area contributed by atoms with Crippen LogP contribution in [-0.4, -0.2) is 31.3 Å². The van der Waals surface area contributed by atoms with Gasteiger partial charge in [0, 0.05) is 39.3 Å². The van der Waals surface area contributed by atoms with Crippen molar-refractivity contribution >= 4 is 52.3 Å². The van der Waals surface area contributed by atoms with E-state index in [1.807, 2.05) is 28.8 Å². The molecule has 2 aromatic heterocycles. The SMILES string of the molecule is O=C(CSc1nnc(-c2ccncc2)n1-c1ccc(Cl)cc1)c1cc(Cl)ccc1Cl. The molecule has 0 N–H and O–H groups in total. The Labute approximate surface area is 192 Å². The van der Waals surface area contributed by atoms with Crippen LogP contribution >= 0.6 is 46.6 Å². The van der Waals surface area contributed by atoms with Gasteiger partial charge >= 0.3 is 0 Å². The van der Waals surface area contributed by atoms with Gasteiger partial charge in [0.25, 0.3) is 0 Å². The van der Waals surface area contributed by atoms with Gasteiger partial charge in [-0.05, 0) is 54.6 Å². The Morgan fingerprint density at radius 1 is 0.900 bits per heavy atom. The number of hydrogen-bond donors (Lipinski definition) is 0. The van der Waals surface area contributed by atoms with Crippen molar-refractivity contribution in [2.75, 3.05) is 5.75 Å². The van der Waals surface area contributed by atoms with Gasteiger partial charge < -0.3 is 0 Å². The number of pyridine rings is 1. The molecular weight excluding hydrogens is 463 g/mol. The number of nitrogens with zero attached hydrogens (tertiary/aromatic N) is 4. The molecule has 0 amide bonds. The van der Waals surface area contributed by atoms with Gasteiger partial charge in [0.15, 0.2) is 16.8 Å². The van der Waals surface area contributed by atoms with Crippen molar-refractivity contribution in [1.82, 2.24) is 19.7 Å². The zero-order valence-corrected chi connectivity index (χ0v) is 18.4. The molecule has 9 heteroatoms. The molecular formula is C21H13Cl3N4OS. The lowest BCUT2D eigenvalue weighted by Crippen LogP contribution is -2.05. The third-order valence-electron chi connectivity index (χ3n) is 4.22. The lowest BCUT2D eigenvalue weighted by Gasteiger charge is -2.10. The van der Waals surface area contributed by atoms with Crippen molar-refractivity contribution < 1.29 is 4.79 Å². The Hall–Kier alpha value is -2.38. The summed E-state index contributed by atoms with van der Waals surface area (Å²) in [6, 6.07) is 15.8. The monoisotopic (exact) mass is 474 g/mol. The quantitative estimate of drug-likeness (QED) is 0.243. The zero-order chi connectivity index (χ0) is 21.1. The highest BCUT2D eigenvalue weighted by molar-refractivity contribution is 7.99. The normalized spacial score (nSPS) is 10.9. The van der Waals surface area contributed by atoms with Gasteiger partial charge in [0.1, 0.15) is 0 Å². The van der Waals surface area contributed by atoms with Gasteiger partial charge in [-0.1, -0.05) is 46.6 Å². The molecule has 2 heterocycles. The van der Waals surface area contributed by atoms with E-state index in [1.54, 1.807) is 42.7 Å². The topological polar surface area (TPSA) is 60.7 Å². The number of Topliss-reactive ketones (excluding diaryl/α,β-unsaturated/α-hetero) is 1. The van der Waals surface area contributed by atoms with E-state index in [0.29, 0.717) is 31.6 Å². The molecule has 0 saturated carbocycles. The van der Waals surface area contributed by atoms with Gasteiger partial charge in [-0.3, -0.25) is 14.3 Å². The van der Waals surface area contributed by atoms with Crippen LogP contribution in [-0.2, 0) is 0 Å². The Morgan fingerprint density at radius 2 is 1.60 bits per heavy atom. The fraction of sp³-hybridized carbons (Fsp3) is 0.0476. The summed E-state index contributed by atoms with van der Waals surface area (Å²) in [5.74, 6) is 0.612. The van der Waals surface area contributed by atoms with E-state index < -0.39 is 0 Å². The molecule has 0 radical (unpaired) electrons. The number of halogens is 3. The minimum absolute atomic E-state index is 0.127. The molecule has 0 aliphatic heterocycles. The van der Waals surface area contributed by atoms with E-state index in [9.17, 15) is 4.79 Å². The van der Waals surface area contributed by atoms with E-state index in [0.717, 1.165) is 11.3 Å². The van der Waals surface area contributed by atoms with Crippen molar-refractivity contribution in [2.24, 2.45) is 0 Å². The molecule has 0 fully saturated rings. The minimum Gasteiger partial charge on any atom is -0.293 e. The highest BCUT2D eigenvalue weighted by atomic mass is 35.5. The molecule has 0 spiro atoms. The Kier molecular flexibility index (Phi) is 6.39. The number of carbonyl (C=O) groups excluding carboxylic acids is 1. The summed E-state index contributed by atoms with van der Waals surface area (Å²) in [4.78, 5) is 16.8. The molecule has 0 atom stereocenters. The second-order valence-electron chi connectivity index (χ2n) is 6.19. The van der Waals surface area contributed by atoms with Crippen LogP contribution in [0.3, 0.4) is 0 Å². The minimum atomic E-state index is -0.149. The smallest absolute Gasteiger partial charge is 0.196 e. The van der Waals surface area contributed by atoms with Crippen molar-refractivity contribution in [3.05, 3.63) is 87.6 Å². The molecule has 4 aromatic rings. The second-order valence-corrected chi connectivity index (χ2v) is 8.41. The van der Waals surface area contributed by atoms with Crippen LogP contribution in [0.5, 0.6) is 0 Å². The summed E-state index contributed by atoms with van der Waals surface area (Å²) in [7, 11) is 0. The van der Waals surface area contributed by atoms with Gasteiger partial charge in [0.05, 0.1) is 10.8 Å². The van der Waals surface area contributed by atoms with Crippen molar-refractivity contribution in [2.45, 2.75) is 5.16 Å². The van der Waals surface area contributed by atoms with Gasteiger partial charge in [0.2, 0.25) is 0 Å². The molecule has 2 aromatic carbocycles. The maximum atomic E-state index is 12.7. The van der Waals surface area contributed by atoms with Gasteiger partial charge in [-0.25, -0.2) is 0 Å². The highest BCUT2D eigenvalue weighted by Gasteiger charge is 2.19. The lowest BCUT2D eigenvalue weighted by molar-refractivity contribution is 0.102. The summed E-state index contributed by atoms with van der Waals surface area (Å²) in [5.41, 5.74) is 2.05. The standard InChI is InChI=1S/C21H13Cl3N4OS/c22-14-1-4-16(5-2-14)28-20(13-7-9-25-10-8-13)26-27-21(28)30-12-19(29)17-11-15(23)3-6-18(17)24/h1-11H,12H2. The summed E-state index contributed by atoms with van der Waals surface area (Å²) >= 11 is 19.5. The molecule has 0 aliphatic rings. The zero-order valence-electron chi connectivity index (χ0n) is 15.3. The molecule has 150 valence electrons. The number of ketones is 1. The Morgan fingerprint density at radius 3 is 2.33 bits per heavy atom. The number of benzene rings is 2. The first-order valence-corrected chi connectivity index (χ1v) is 10.9. The summed E-state index contributed by atoms with van der Waals surface area (Å²) in [6.45, 7) is 0. The van der Waals surface area contributed by atoms with Crippen molar-refractivity contribution in [1.29, 1.82) is 0 Å². The number of rotatable bonds is 6. The van der Waals surface area contributed by atoms with Crippen molar-refractivity contribution in [3.63, 3.8) is 0 Å². The van der Waals surface area contributed by atoms with E-state index in [-0.39, 0.29) is 11.5 Å². The fourth-order valence-corrected chi connectivity index (χ4v) is 4.15. The summed E-state index contributed by atoms with van der Waals surface area (Å²) in [6.07, 6.45) is 3.38. The molecule has 0 bridgehead atoms. The third-order valence-corrected chi connectivity index (χ3v) is 5.96. The third kappa shape index (κ3) is 4.52. The lowest BCUT2D eigenvalue weighted by atomic mass is 10.1. The van der Waals surface area contributed by atoms with E-state index in [4.69, 9.17) is 34.8 Å². The second kappa shape index (κ2) is 9.18. The predicted molar refractivity (Wildman–Crippen MR) is 121 cm³/mol. The van der Waals surface area contributed by atoms with Crippen LogP contribution in [0.2, 0.25) is 15.1 Å². The van der Waals surface area contributed by atoms with Crippen LogP contribution in [0.1, 0.15) is 10.4 Å². The van der Waals surface area contributed by atoms with E-state index in [2.05, 4.69) is 15.2 Å². The highest BCUT2D eigenvalue weighted by Crippen LogP contribution is 2.30. The Balaban J connectivity index is 1.68. The van der Waals surface area contributed by atoms with Crippen LogP contribution in [0.25, 0.3) is 17.1 Å². The average molecular weight is 476 g/mol. The van der Waals surface area contributed by atoms with Crippen LogP contribution < -0.4 is 0 Å². The molecule has 0 saturated heterocycles. The molecule has 5 nitrogen and oxygen atoms in total. The number of aromatic nitrogens is 4. The first-order valence-electron chi connectivity index (χ1n) is 8.76. The summed E-state index contributed by atoms with van der Waals surface area (Å²) < 4.78 is 1.88. The maximum Gasteiger partial charge on any atom is 0.196 e. The first-order chi connectivity index (χ1) is 14.5. The van der Waals surface area contributed by atoms with Crippen LogP contribution in [0.15, 0.2) is 72.1 Å². The molecule has 4 rings (SSSR count). The van der Waals surface area contributed by atoms with Crippen LogP contribution in [0, 0.1) is 0 Å². The summed E-state index contributed by atoms with van der Waals surface area (Å²) in [5, 5.41) is 10.7. The van der Waals surface area contributed by atoms with E-state index in [1.165, 1.54) is 11.8 Å². The number of hydrogen-bond acceptors (Lipinski definition) is 5. The molecule has 0 aliphatic carbocycles. The fourth-order valence-electron chi connectivity index (χ4n) is 2.79. The average Bonchev–Trinajstić information content (AvgIpc) is 3.19. The van der Waals surface area contributed by atoms with Crippen LogP contribution in [0.4, 0.5) is 0 Å². The van der Waals surface area contributed by atoms with Crippen molar-refractivity contribution in [3.8, 4) is 17.1 Å². The Bertz CT molecular complexity index is 1200. The van der Waals surface area contributed by atoms with Gasteiger partial charge in [-0.15, -0.1) is 10.2 Å². The molecule has 0 unspecified atom stereocenters. The van der Waals surface area contributed by atoms with Gasteiger partial charge in [-0.2, -0.15) is 0 Å². The number of carbonyl (C=O) groups is 1. The largest absolute Gasteiger partial charge is 0.293 e.